The van der Waals surface area contributed by atoms with E-state index in [1.165, 1.54) is 0 Å². The van der Waals surface area contributed by atoms with Gasteiger partial charge in [-0.15, -0.1) is 0 Å². The van der Waals surface area contributed by atoms with Gasteiger partial charge in [0.1, 0.15) is 5.78 Å². The number of ketones is 1. The second kappa shape index (κ2) is 5.27. The summed E-state index contributed by atoms with van der Waals surface area (Å²) in [5.41, 5.74) is 0. The van der Waals surface area contributed by atoms with Crippen LogP contribution < -0.4 is 0 Å². The summed E-state index contributed by atoms with van der Waals surface area (Å²) in [6.07, 6.45) is 1.90. The molecule has 3 heteroatoms. The van der Waals surface area contributed by atoms with E-state index in [1.807, 2.05) is 6.92 Å². The van der Waals surface area contributed by atoms with Gasteiger partial charge in [0.05, 0.1) is 0 Å². The zero-order chi connectivity index (χ0) is 9.61. The molecule has 0 saturated heterocycles. The van der Waals surface area contributed by atoms with Gasteiger partial charge in [-0.2, -0.15) is 0 Å². The summed E-state index contributed by atoms with van der Waals surface area (Å²) in [5, 5.41) is 0. The normalized spacial score (nSPS) is 11.7. The molecule has 0 N–H and O–H groups in total. The topological polar surface area (TPSA) is 35.5 Å². The molecular formula is C9H18O3. The maximum absolute atomic E-state index is 10.7. The van der Waals surface area contributed by atoms with Gasteiger partial charge in [-0.3, -0.25) is 0 Å². The number of hydrogen-bond donors (Lipinski definition) is 0. The van der Waals surface area contributed by atoms with Crippen LogP contribution >= 0.6 is 0 Å². The molecule has 0 saturated carbocycles. The summed E-state index contributed by atoms with van der Waals surface area (Å²) in [5.74, 6) is -0.395. The van der Waals surface area contributed by atoms with Crippen molar-refractivity contribution in [2.75, 3.05) is 14.2 Å². The fourth-order valence-electron chi connectivity index (χ4n) is 1.12. The second-order valence-electron chi connectivity index (χ2n) is 2.87. The van der Waals surface area contributed by atoms with E-state index in [2.05, 4.69) is 0 Å². The summed E-state index contributed by atoms with van der Waals surface area (Å²) >= 11 is 0. The number of methoxy groups -OCH3 is 2. The maximum Gasteiger partial charge on any atom is 0.167 e. The lowest BCUT2D eigenvalue weighted by molar-refractivity contribution is -0.212. The smallest absolute Gasteiger partial charge is 0.167 e. The lowest BCUT2D eigenvalue weighted by Gasteiger charge is -2.29. The predicted octanol–water partition coefficient (Wildman–Crippen LogP) is 1.75. The molecule has 0 radical (unpaired) electrons. The average molecular weight is 174 g/mol. The van der Waals surface area contributed by atoms with E-state index in [-0.39, 0.29) is 5.78 Å². The number of rotatable bonds is 6. The molecule has 0 aromatic carbocycles. The number of Topliss-reactive ketones (excluding diaryl/α,β-unsaturated/α-hetero) is 1. The molecule has 3 nitrogen and oxygen atoms in total. The zero-order valence-electron chi connectivity index (χ0n) is 8.35. The van der Waals surface area contributed by atoms with Crippen LogP contribution in [0.2, 0.25) is 0 Å². The molecule has 72 valence electrons. The molecule has 0 unspecified atom stereocenters. The van der Waals surface area contributed by atoms with Gasteiger partial charge in [-0.1, -0.05) is 6.92 Å². The van der Waals surface area contributed by atoms with Crippen LogP contribution in [0.15, 0.2) is 0 Å². The van der Waals surface area contributed by atoms with E-state index in [0.717, 1.165) is 6.42 Å². The van der Waals surface area contributed by atoms with Gasteiger partial charge < -0.3 is 14.3 Å². The Morgan fingerprint density at radius 1 is 1.33 bits per heavy atom. The van der Waals surface area contributed by atoms with Crippen molar-refractivity contribution in [2.24, 2.45) is 0 Å². The van der Waals surface area contributed by atoms with Crippen molar-refractivity contribution in [1.29, 1.82) is 0 Å². The Balaban J connectivity index is 4.01. The summed E-state index contributed by atoms with van der Waals surface area (Å²) in [7, 11) is 3.21. The van der Waals surface area contributed by atoms with Crippen molar-refractivity contribution >= 4 is 5.78 Å². The third-order valence-electron chi connectivity index (χ3n) is 2.14. The van der Waals surface area contributed by atoms with Gasteiger partial charge >= 0.3 is 0 Å². The Morgan fingerprint density at radius 3 is 2.08 bits per heavy atom. The van der Waals surface area contributed by atoms with Crippen LogP contribution in [0.1, 0.15) is 33.1 Å². The van der Waals surface area contributed by atoms with Crippen LogP contribution in [0.5, 0.6) is 0 Å². The van der Waals surface area contributed by atoms with Crippen LogP contribution in [-0.2, 0) is 14.3 Å². The Labute approximate surface area is 74.0 Å². The maximum atomic E-state index is 10.7. The summed E-state index contributed by atoms with van der Waals surface area (Å²) in [4.78, 5) is 10.7. The van der Waals surface area contributed by atoms with Gasteiger partial charge in [-0.25, -0.2) is 0 Å². The number of hydrogen-bond acceptors (Lipinski definition) is 3. The third kappa shape index (κ3) is 3.32. The minimum Gasteiger partial charge on any atom is -0.353 e. The standard InChI is InChI=1S/C9H18O3/c1-5-9(11-3,12-4)7-6-8(2)10/h5-7H2,1-4H3. The van der Waals surface area contributed by atoms with Crippen LogP contribution in [0, 0.1) is 0 Å². The summed E-state index contributed by atoms with van der Waals surface area (Å²) < 4.78 is 10.4. The fourth-order valence-corrected chi connectivity index (χ4v) is 1.12. The monoisotopic (exact) mass is 174 g/mol. The van der Waals surface area contributed by atoms with E-state index in [4.69, 9.17) is 9.47 Å². The molecule has 0 bridgehead atoms. The van der Waals surface area contributed by atoms with E-state index in [1.54, 1.807) is 21.1 Å². The molecule has 0 amide bonds. The van der Waals surface area contributed by atoms with Crippen LogP contribution in [0.4, 0.5) is 0 Å². The van der Waals surface area contributed by atoms with E-state index in [9.17, 15) is 4.79 Å². The first-order chi connectivity index (χ1) is 5.60. The molecule has 0 fully saturated rings. The van der Waals surface area contributed by atoms with E-state index >= 15 is 0 Å². The highest BCUT2D eigenvalue weighted by Gasteiger charge is 2.26. The Hall–Kier alpha value is -0.410. The molecule has 0 heterocycles. The van der Waals surface area contributed by atoms with Crippen molar-refractivity contribution in [3.63, 3.8) is 0 Å². The van der Waals surface area contributed by atoms with Crippen molar-refractivity contribution in [1.82, 2.24) is 0 Å². The van der Waals surface area contributed by atoms with Crippen molar-refractivity contribution in [3.8, 4) is 0 Å². The Kier molecular flexibility index (Phi) is 5.09. The molecule has 0 atom stereocenters. The van der Waals surface area contributed by atoms with Crippen molar-refractivity contribution in [2.45, 2.75) is 38.9 Å². The largest absolute Gasteiger partial charge is 0.353 e. The third-order valence-corrected chi connectivity index (χ3v) is 2.14. The molecule has 0 rings (SSSR count). The lowest BCUT2D eigenvalue weighted by atomic mass is 10.1. The van der Waals surface area contributed by atoms with Crippen LogP contribution in [0.25, 0.3) is 0 Å². The quantitative estimate of drug-likeness (QED) is 0.575. The van der Waals surface area contributed by atoms with Crippen molar-refractivity contribution in [3.05, 3.63) is 0 Å². The minimum absolute atomic E-state index is 0.168. The molecule has 0 aliphatic rings. The van der Waals surface area contributed by atoms with E-state index < -0.39 is 5.79 Å². The molecule has 0 aromatic rings. The van der Waals surface area contributed by atoms with Gasteiger partial charge in [-0.05, 0) is 13.3 Å². The van der Waals surface area contributed by atoms with Gasteiger partial charge in [0.2, 0.25) is 0 Å². The lowest BCUT2D eigenvalue weighted by Crippen LogP contribution is -2.33. The number of ether oxygens (including phenoxy) is 2. The Morgan fingerprint density at radius 2 is 1.83 bits per heavy atom. The predicted molar refractivity (Wildman–Crippen MR) is 47.0 cm³/mol. The highest BCUT2D eigenvalue weighted by molar-refractivity contribution is 5.75. The highest BCUT2D eigenvalue weighted by Crippen LogP contribution is 2.22. The molecule has 12 heavy (non-hydrogen) atoms. The first-order valence-corrected chi connectivity index (χ1v) is 4.20. The second-order valence-corrected chi connectivity index (χ2v) is 2.87. The van der Waals surface area contributed by atoms with Gasteiger partial charge in [0, 0.05) is 27.1 Å². The molecule has 0 spiro atoms. The average Bonchev–Trinajstić information content (AvgIpc) is 2.08. The van der Waals surface area contributed by atoms with Gasteiger partial charge in [0.15, 0.2) is 5.79 Å². The number of carbonyl (C=O) groups is 1. The van der Waals surface area contributed by atoms with Gasteiger partial charge in [0.25, 0.3) is 0 Å². The van der Waals surface area contributed by atoms with E-state index in [0.29, 0.717) is 12.8 Å². The Bertz CT molecular complexity index is 130. The molecular weight excluding hydrogens is 156 g/mol. The SMILES string of the molecule is CCC(CCC(C)=O)(OC)OC. The first-order valence-electron chi connectivity index (χ1n) is 4.20. The fraction of sp³-hybridized carbons (Fsp3) is 0.889. The minimum atomic E-state index is -0.564. The van der Waals surface area contributed by atoms with Crippen LogP contribution in [-0.4, -0.2) is 25.8 Å². The first kappa shape index (κ1) is 11.6. The summed E-state index contributed by atoms with van der Waals surface area (Å²) in [6, 6.07) is 0. The highest BCUT2D eigenvalue weighted by atomic mass is 16.7. The summed E-state index contributed by atoms with van der Waals surface area (Å²) in [6.45, 7) is 3.55. The van der Waals surface area contributed by atoms with Crippen LogP contribution in [0.3, 0.4) is 0 Å². The molecule has 0 aliphatic carbocycles. The van der Waals surface area contributed by atoms with Crippen molar-refractivity contribution < 1.29 is 14.3 Å². The number of carbonyl (C=O) groups excluding carboxylic acids is 1. The zero-order valence-corrected chi connectivity index (χ0v) is 8.35. The molecule has 0 aromatic heterocycles. The molecule has 0 aliphatic heterocycles.